The van der Waals surface area contributed by atoms with E-state index in [2.05, 4.69) is 0 Å². The number of carboxylic acid groups (broad SMARTS) is 1. The predicted molar refractivity (Wildman–Crippen MR) is 127 cm³/mol. The number of nitrogens with zero attached hydrogens (tertiary/aromatic N) is 1. The van der Waals surface area contributed by atoms with Crippen LogP contribution in [0.3, 0.4) is 0 Å². The second-order valence-corrected chi connectivity index (χ2v) is 8.79. The molecule has 1 unspecified atom stereocenters. The normalized spacial score (nSPS) is 12.8. The number of carboxylic acids is 1. The topological polar surface area (TPSA) is 50.2 Å². The minimum atomic E-state index is -4.44. The highest BCUT2D eigenvalue weighted by Crippen LogP contribution is 2.35. The molecule has 0 bridgehead atoms. The van der Waals surface area contributed by atoms with E-state index in [4.69, 9.17) is 4.98 Å². The number of rotatable bonds is 6. The van der Waals surface area contributed by atoms with Gasteiger partial charge in [0.1, 0.15) is 0 Å². The molecule has 3 nitrogen and oxygen atoms in total. The smallest absolute Gasteiger partial charge is 0.416 e. The van der Waals surface area contributed by atoms with E-state index >= 15 is 0 Å². The Morgan fingerprint density at radius 3 is 2.21 bits per heavy atom. The van der Waals surface area contributed by atoms with E-state index < -0.39 is 23.6 Å². The van der Waals surface area contributed by atoms with Gasteiger partial charge in [0.15, 0.2) is 0 Å². The molecule has 34 heavy (non-hydrogen) atoms. The van der Waals surface area contributed by atoms with Gasteiger partial charge in [-0.1, -0.05) is 68.4 Å². The largest absolute Gasteiger partial charge is 0.481 e. The van der Waals surface area contributed by atoms with Crippen molar-refractivity contribution in [3.05, 3.63) is 90.0 Å². The third-order valence-corrected chi connectivity index (χ3v) is 5.83. The van der Waals surface area contributed by atoms with Crippen molar-refractivity contribution in [2.45, 2.75) is 32.4 Å². The first-order valence-electron chi connectivity index (χ1n) is 11.0. The van der Waals surface area contributed by atoms with Gasteiger partial charge in [-0.05, 0) is 52.9 Å². The third kappa shape index (κ3) is 4.96. The second-order valence-electron chi connectivity index (χ2n) is 8.79. The zero-order valence-corrected chi connectivity index (χ0v) is 18.8. The number of pyridine rings is 1. The number of alkyl halides is 3. The molecule has 4 aromatic rings. The number of benzene rings is 3. The van der Waals surface area contributed by atoms with Gasteiger partial charge in [-0.25, -0.2) is 4.98 Å². The molecular formula is C28H24F3NO2. The van der Waals surface area contributed by atoms with Crippen LogP contribution in [0.15, 0.2) is 78.9 Å². The Morgan fingerprint density at radius 2 is 1.56 bits per heavy atom. The van der Waals surface area contributed by atoms with Crippen molar-refractivity contribution in [2.75, 3.05) is 0 Å². The Morgan fingerprint density at radius 1 is 0.912 bits per heavy atom. The van der Waals surface area contributed by atoms with Crippen molar-refractivity contribution in [2.24, 2.45) is 5.92 Å². The number of fused-ring (bicyclic) bond motifs is 1. The van der Waals surface area contributed by atoms with E-state index in [-0.39, 0.29) is 5.92 Å². The van der Waals surface area contributed by atoms with E-state index in [9.17, 15) is 23.1 Å². The highest BCUT2D eigenvalue weighted by molar-refractivity contribution is 5.96. The maximum atomic E-state index is 13.1. The van der Waals surface area contributed by atoms with Crippen LogP contribution in [0.1, 0.15) is 37.3 Å². The van der Waals surface area contributed by atoms with E-state index in [1.807, 2.05) is 56.3 Å². The van der Waals surface area contributed by atoms with Crippen molar-refractivity contribution in [1.82, 2.24) is 4.98 Å². The molecule has 0 aliphatic heterocycles. The Hall–Kier alpha value is -3.67. The molecule has 0 fully saturated rings. The molecule has 0 aliphatic rings. The number of hydrogen-bond acceptors (Lipinski definition) is 2. The second kappa shape index (κ2) is 9.29. The van der Waals surface area contributed by atoms with Gasteiger partial charge in [-0.3, -0.25) is 4.79 Å². The molecule has 1 atom stereocenters. The van der Waals surface area contributed by atoms with Crippen LogP contribution in [-0.4, -0.2) is 16.1 Å². The fourth-order valence-electron chi connectivity index (χ4n) is 4.17. The summed E-state index contributed by atoms with van der Waals surface area (Å²) < 4.78 is 39.2. The zero-order chi connectivity index (χ0) is 24.5. The third-order valence-electron chi connectivity index (χ3n) is 5.83. The number of hydrogen-bond donors (Lipinski definition) is 1. The van der Waals surface area contributed by atoms with Crippen LogP contribution in [0.5, 0.6) is 0 Å². The molecule has 1 aromatic heterocycles. The average molecular weight is 463 g/mol. The van der Waals surface area contributed by atoms with Crippen molar-refractivity contribution < 1.29 is 23.1 Å². The van der Waals surface area contributed by atoms with Gasteiger partial charge in [0.25, 0.3) is 0 Å². The summed E-state index contributed by atoms with van der Waals surface area (Å²) in [5.41, 5.74) is 2.18. The summed E-state index contributed by atoms with van der Waals surface area (Å²) in [5, 5.41) is 11.9. The lowest BCUT2D eigenvalue weighted by atomic mass is 9.88. The van der Waals surface area contributed by atoms with Gasteiger partial charge >= 0.3 is 12.1 Å². The van der Waals surface area contributed by atoms with Crippen LogP contribution in [0, 0.1) is 5.92 Å². The Bertz CT molecular complexity index is 1320. The molecule has 4 rings (SSSR count). The van der Waals surface area contributed by atoms with Crippen LogP contribution in [0.4, 0.5) is 13.2 Å². The molecule has 0 amide bonds. The highest BCUT2D eigenvalue weighted by Gasteiger charge is 2.30. The standard InChI is InChI=1S/C28H24F3NO2/c1-17(2)14-24(27(33)34)20-15-25(19-10-12-21(13-11-19)28(29,30)31)32-26(16-20)23-9-5-7-18-6-3-4-8-22(18)23/h3-13,15-17,24H,14H2,1-2H3,(H,33,34). The first-order valence-corrected chi connectivity index (χ1v) is 11.0. The number of aromatic nitrogens is 1. The number of halogens is 3. The summed E-state index contributed by atoms with van der Waals surface area (Å²) in [7, 11) is 0. The maximum absolute atomic E-state index is 13.1. The van der Waals surface area contributed by atoms with Crippen LogP contribution in [0.25, 0.3) is 33.3 Å². The number of aliphatic carboxylic acids is 1. The lowest BCUT2D eigenvalue weighted by Crippen LogP contribution is -2.14. The van der Waals surface area contributed by atoms with Crippen molar-refractivity contribution in [3.63, 3.8) is 0 Å². The van der Waals surface area contributed by atoms with Gasteiger partial charge in [0.2, 0.25) is 0 Å². The number of carbonyl (C=O) groups is 1. The van der Waals surface area contributed by atoms with Gasteiger partial charge in [0, 0.05) is 11.1 Å². The van der Waals surface area contributed by atoms with Crippen molar-refractivity contribution >= 4 is 16.7 Å². The van der Waals surface area contributed by atoms with Crippen LogP contribution < -0.4 is 0 Å². The van der Waals surface area contributed by atoms with E-state index in [0.29, 0.717) is 28.9 Å². The quantitative estimate of drug-likeness (QED) is 0.317. The lowest BCUT2D eigenvalue weighted by molar-refractivity contribution is -0.139. The minimum Gasteiger partial charge on any atom is -0.481 e. The minimum absolute atomic E-state index is 0.143. The highest BCUT2D eigenvalue weighted by atomic mass is 19.4. The maximum Gasteiger partial charge on any atom is 0.416 e. The Labute approximate surface area is 195 Å². The van der Waals surface area contributed by atoms with Gasteiger partial charge in [-0.15, -0.1) is 0 Å². The molecule has 174 valence electrons. The zero-order valence-electron chi connectivity index (χ0n) is 18.8. The lowest BCUT2D eigenvalue weighted by Gasteiger charge is -2.18. The van der Waals surface area contributed by atoms with Crippen molar-refractivity contribution in [1.29, 1.82) is 0 Å². The summed E-state index contributed by atoms with van der Waals surface area (Å²) in [6.07, 6.45) is -4.01. The monoisotopic (exact) mass is 463 g/mol. The molecule has 0 saturated carbocycles. The van der Waals surface area contributed by atoms with Crippen LogP contribution in [-0.2, 0) is 11.0 Å². The first kappa shape index (κ1) is 23.5. The predicted octanol–water partition coefficient (Wildman–Crippen LogP) is 7.80. The average Bonchev–Trinajstić information content (AvgIpc) is 2.81. The first-order chi connectivity index (χ1) is 16.1. The fraction of sp³-hybridized carbons (Fsp3) is 0.214. The molecule has 3 aromatic carbocycles. The molecule has 0 aliphatic carbocycles. The molecule has 6 heteroatoms. The molecule has 0 radical (unpaired) electrons. The summed E-state index contributed by atoms with van der Waals surface area (Å²) in [4.78, 5) is 16.9. The van der Waals surface area contributed by atoms with Gasteiger partial charge < -0.3 is 5.11 Å². The van der Waals surface area contributed by atoms with E-state index in [1.54, 1.807) is 12.1 Å². The Balaban J connectivity index is 1.92. The summed E-state index contributed by atoms with van der Waals surface area (Å²) in [6, 6.07) is 21.9. The van der Waals surface area contributed by atoms with Gasteiger partial charge in [0.05, 0.1) is 22.9 Å². The fourth-order valence-corrected chi connectivity index (χ4v) is 4.17. The summed E-state index contributed by atoms with van der Waals surface area (Å²) in [5.74, 6) is -1.56. The molecule has 1 N–H and O–H groups in total. The molecule has 0 spiro atoms. The summed E-state index contributed by atoms with van der Waals surface area (Å²) in [6.45, 7) is 3.92. The molecular weight excluding hydrogens is 439 g/mol. The Kier molecular flexibility index (Phi) is 6.42. The van der Waals surface area contributed by atoms with Gasteiger partial charge in [-0.2, -0.15) is 13.2 Å². The van der Waals surface area contributed by atoms with E-state index in [0.717, 1.165) is 28.5 Å². The van der Waals surface area contributed by atoms with E-state index in [1.165, 1.54) is 12.1 Å². The molecule has 1 heterocycles. The SMILES string of the molecule is CC(C)CC(C(=O)O)c1cc(-c2ccc(C(F)(F)F)cc2)nc(-c2cccc3ccccc23)c1. The van der Waals surface area contributed by atoms with Crippen molar-refractivity contribution in [3.8, 4) is 22.5 Å². The van der Waals surface area contributed by atoms with Crippen LogP contribution in [0.2, 0.25) is 0 Å². The summed E-state index contributed by atoms with van der Waals surface area (Å²) >= 11 is 0. The van der Waals surface area contributed by atoms with Crippen LogP contribution >= 0.6 is 0 Å². The molecule has 0 saturated heterocycles.